The number of ether oxygens (including phenoxy) is 1. The molecule has 25 heavy (non-hydrogen) atoms. The predicted molar refractivity (Wildman–Crippen MR) is 100 cm³/mol. The Morgan fingerprint density at radius 3 is 2.48 bits per heavy atom. The van der Waals surface area contributed by atoms with Gasteiger partial charge in [-0.05, 0) is 48.0 Å². The van der Waals surface area contributed by atoms with Gasteiger partial charge in [-0.15, -0.1) is 0 Å². The Bertz CT molecular complexity index is 829. The molecule has 0 unspecified atom stereocenters. The van der Waals surface area contributed by atoms with Crippen LogP contribution in [-0.4, -0.2) is 17.6 Å². The van der Waals surface area contributed by atoms with E-state index in [1.165, 1.54) is 0 Å². The molecule has 2 aromatic carbocycles. The molecule has 4 nitrogen and oxygen atoms in total. The lowest BCUT2D eigenvalue weighted by Gasteiger charge is -2.19. The van der Waals surface area contributed by atoms with Crippen molar-refractivity contribution in [1.29, 1.82) is 0 Å². The van der Waals surface area contributed by atoms with E-state index in [1.807, 2.05) is 65.5 Å². The standard InChI is InChI=1S/C20H19ClN2O2/c1-25-18-9-7-15(8-10-18)19(23-11-2-3-12-23)14-20(24)22-17-6-4-5-16(21)13-17/h2-13,19H,14H2,1H3,(H,22,24)/t19-/m0/s1. The molecule has 0 aliphatic rings. The number of nitrogens with one attached hydrogen (secondary N) is 1. The van der Waals surface area contributed by atoms with Crippen molar-refractivity contribution in [3.05, 3.63) is 83.6 Å². The highest BCUT2D eigenvalue weighted by molar-refractivity contribution is 6.30. The molecule has 128 valence electrons. The average molecular weight is 355 g/mol. The lowest BCUT2D eigenvalue weighted by atomic mass is 10.0. The minimum Gasteiger partial charge on any atom is -0.497 e. The molecule has 0 saturated carbocycles. The zero-order chi connectivity index (χ0) is 17.6. The highest BCUT2D eigenvalue weighted by atomic mass is 35.5. The molecule has 1 heterocycles. The van der Waals surface area contributed by atoms with Crippen LogP contribution in [0.25, 0.3) is 0 Å². The summed E-state index contributed by atoms with van der Waals surface area (Å²) in [6.45, 7) is 0. The van der Waals surface area contributed by atoms with Gasteiger partial charge in [0.25, 0.3) is 0 Å². The molecule has 0 aliphatic heterocycles. The smallest absolute Gasteiger partial charge is 0.226 e. The molecule has 1 N–H and O–H groups in total. The van der Waals surface area contributed by atoms with Crippen LogP contribution in [0.3, 0.4) is 0 Å². The van der Waals surface area contributed by atoms with Crippen LogP contribution in [0.5, 0.6) is 5.75 Å². The van der Waals surface area contributed by atoms with Gasteiger partial charge in [-0.2, -0.15) is 0 Å². The van der Waals surface area contributed by atoms with Crippen LogP contribution in [0.1, 0.15) is 18.0 Å². The predicted octanol–water partition coefficient (Wildman–Crippen LogP) is 4.77. The summed E-state index contributed by atoms with van der Waals surface area (Å²) in [5, 5.41) is 3.50. The minimum absolute atomic E-state index is 0.0724. The van der Waals surface area contributed by atoms with Gasteiger partial charge in [-0.1, -0.05) is 29.8 Å². The molecule has 3 rings (SSSR count). The zero-order valence-electron chi connectivity index (χ0n) is 13.9. The van der Waals surface area contributed by atoms with E-state index in [-0.39, 0.29) is 11.9 Å². The number of carbonyl (C=O) groups is 1. The molecule has 5 heteroatoms. The Labute approximate surface area is 152 Å². The molecular weight excluding hydrogens is 336 g/mol. The Hall–Kier alpha value is -2.72. The van der Waals surface area contributed by atoms with Gasteiger partial charge in [0.05, 0.1) is 19.6 Å². The van der Waals surface area contributed by atoms with Gasteiger partial charge < -0.3 is 14.6 Å². The van der Waals surface area contributed by atoms with E-state index in [0.29, 0.717) is 17.1 Å². The lowest BCUT2D eigenvalue weighted by molar-refractivity contribution is -0.116. The van der Waals surface area contributed by atoms with Gasteiger partial charge in [0.1, 0.15) is 5.75 Å². The number of hydrogen-bond acceptors (Lipinski definition) is 2. The highest BCUT2D eigenvalue weighted by Gasteiger charge is 2.17. The van der Waals surface area contributed by atoms with E-state index in [2.05, 4.69) is 5.32 Å². The van der Waals surface area contributed by atoms with Crippen molar-refractivity contribution < 1.29 is 9.53 Å². The van der Waals surface area contributed by atoms with Crippen molar-refractivity contribution in [2.24, 2.45) is 0 Å². The molecule has 1 aromatic heterocycles. The topological polar surface area (TPSA) is 43.3 Å². The Kier molecular flexibility index (Phi) is 5.41. The third-order valence-corrected chi connectivity index (χ3v) is 4.21. The Balaban J connectivity index is 1.79. The number of rotatable bonds is 6. The fourth-order valence-electron chi connectivity index (χ4n) is 2.73. The van der Waals surface area contributed by atoms with Crippen molar-refractivity contribution in [3.63, 3.8) is 0 Å². The quantitative estimate of drug-likeness (QED) is 0.693. The lowest BCUT2D eigenvalue weighted by Crippen LogP contribution is -2.19. The first-order valence-electron chi connectivity index (χ1n) is 7.97. The molecular formula is C20H19ClN2O2. The molecule has 1 amide bonds. The van der Waals surface area contributed by atoms with Gasteiger partial charge in [-0.25, -0.2) is 0 Å². The second kappa shape index (κ2) is 7.90. The maximum Gasteiger partial charge on any atom is 0.226 e. The summed E-state index contributed by atoms with van der Waals surface area (Å²) in [5.41, 5.74) is 1.73. The number of aromatic nitrogens is 1. The van der Waals surface area contributed by atoms with Gasteiger partial charge in [0.2, 0.25) is 5.91 Å². The third kappa shape index (κ3) is 4.43. The first-order chi connectivity index (χ1) is 12.2. The molecule has 0 bridgehead atoms. The number of anilines is 1. The summed E-state index contributed by atoms with van der Waals surface area (Å²) < 4.78 is 7.24. The van der Waals surface area contributed by atoms with Crippen LogP contribution in [0.15, 0.2) is 73.1 Å². The van der Waals surface area contributed by atoms with E-state index in [4.69, 9.17) is 16.3 Å². The average Bonchev–Trinajstić information content (AvgIpc) is 3.14. The van der Waals surface area contributed by atoms with Gasteiger partial charge in [0, 0.05) is 23.1 Å². The first kappa shape index (κ1) is 17.1. The summed E-state index contributed by atoms with van der Waals surface area (Å²) in [6.07, 6.45) is 4.23. The number of methoxy groups -OCH3 is 1. The maximum atomic E-state index is 12.5. The Morgan fingerprint density at radius 1 is 1.12 bits per heavy atom. The first-order valence-corrected chi connectivity index (χ1v) is 8.35. The Morgan fingerprint density at radius 2 is 1.84 bits per heavy atom. The molecule has 0 fully saturated rings. The molecule has 0 aliphatic carbocycles. The fourth-order valence-corrected chi connectivity index (χ4v) is 2.92. The largest absolute Gasteiger partial charge is 0.497 e. The molecule has 1 atom stereocenters. The van der Waals surface area contributed by atoms with Crippen molar-refractivity contribution in [2.75, 3.05) is 12.4 Å². The normalized spacial score (nSPS) is 11.8. The highest BCUT2D eigenvalue weighted by Crippen LogP contribution is 2.25. The van der Waals surface area contributed by atoms with E-state index in [0.717, 1.165) is 11.3 Å². The summed E-state index contributed by atoms with van der Waals surface area (Å²) in [5.74, 6) is 0.718. The van der Waals surface area contributed by atoms with Crippen molar-refractivity contribution >= 4 is 23.2 Å². The van der Waals surface area contributed by atoms with Crippen molar-refractivity contribution in [2.45, 2.75) is 12.5 Å². The summed E-state index contributed by atoms with van der Waals surface area (Å²) in [6, 6.07) is 18.7. The SMILES string of the molecule is COc1ccc([C@H](CC(=O)Nc2cccc(Cl)c2)n2cccc2)cc1. The molecule has 0 saturated heterocycles. The monoisotopic (exact) mass is 354 g/mol. The van der Waals surface area contributed by atoms with Gasteiger partial charge in [-0.3, -0.25) is 4.79 Å². The summed E-state index contributed by atoms with van der Waals surface area (Å²) in [7, 11) is 1.64. The molecule has 0 spiro atoms. The number of nitrogens with zero attached hydrogens (tertiary/aromatic N) is 1. The van der Waals surface area contributed by atoms with E-state index in [1.54, 1.807) is 19.2 Å². The number of amides is 1. The number of carbonyl (C=O) groups excluding carboxylic acids is 1. The second-order valence-electron chi connectivity index (χ2n) is 5.68. The summed E-state index contributed by atoms with van der Waals surface area (Å²) >= 11 is 5.97. The van der Waals surface area contributed by atoms with Crippen molar-refractivity contribution in [1.82, 2.24) is 4.57 Å². The van der Waals surface area contributed by atoms with Crippen LogP contribution in [0, 0.1) is 0 Å². The van der Waals surface area contributed by atoms with Crippen LogP contribution in [0.2, 0.25) is 5.02 Å². The maximum absolute atomic E-state index is 12.5. The summed E-state index contributed by atoms with van der Waals surface area (Å²) in [4.78, 5) is 12.5. The van der Waals surface area contributed by atoms with E-state index in [9.17, 15) is 4.79 Å². The third-order valence-electron chi connectivity index (χ3n) is 3.98. The van der Waals surface area contributed by atoms with Crippen LogP contribution < -0.4 is 10.1 Å². The fraction of sp³-hybridized carbons (Fsp3) is 0.150. The van der Waals surface area contributed by atoms with Gasteiger partial charge in [0.15, 0.2) is 0 Å². The van der Waals surface area contributed by atoms with E-state index < -0.39 is 0 Å². The minimum atomic E-state index is -0.0971. The van der Waals surface area contributed by atoms with E-state index >= 15 is 0 Å². The molecule has 0 radical (unpaired) electrons. The van der Waals surface area contributed by atoms with Crippen LogP contribution in [-0.2, 0) is 4.79 Å². The second-order valence-corrected chi connectivity index (χ2v) is 6.12. The number of hydrogen-bond donors (Lipinski definition) is 1. The van der Waals surface area contributed by atoms with Gasteiger partial charge >= 0.3 is 0 Å². The zero-order valence-corrected chi connectivity index (χ0v) is 14.6. The number of benzene rings is 2. The van der Waals surface area contributed by atoms with Crippen LogP contribution >= 0.6 is 11.6 Å². The van der Waals surface area contributed by atoms with Crippen molar-refractivity contribution in [3.8, 4) is 5.75 Å². The molecule has 3 aromatic rings. The van der Waals surface area contributed by atoms with Crippen LogP contribution in [0.4, 0.5) is 5.69 Å². The number of halogens is 1.